The van der Waals surface area contributed by atoms with Gasteiger partial charge in [-0.2, -0.15) is 0 Å². The normalized spacial score (nSPS) is 13.1. The van der Waals surface area contributed by atoms with Crippen LogP contribution in [0.15, 0.2) is 24.3 Å². The lowest BCUT2D eigenvalue weighted by Crippen LogP contribution is -2.40. The number of rotatable bonds is 9. The summed E-state index contributed by atoms with van der Waals surface area (Å²) in [4.78, 5) is 12.7. The Morgan fingerprint density at radius 2 is 1.79 bits per heavy atom. The van der Waals surface area contributed by atoms with Gasteiger partial charge in [-0.15, -0.1) is 12.4 Å². The maximum absolute atomic E-state index is 12.7. The number of Topliss-reactive ketones (excluding diaryl/α,β-unsaturated/α-hetero) is 1. The monoisotopic (exact) mass is 406 g/mol. The minimum absolute atomic E-state index is 0. The Morgan fingerprint density at radius 3 is 2.39 bits per heavy atom. The molecule has 0 unspecified atom stereocenters. The van der Waals surface area contributed by atoms with Gasteiger partial charge in [0.25, 0.3) is 0 Å². The minimum Gasteiger partial charge on any atom is -0.394 e. The molecule has 0 radical (unpaired) electrons. The Morgan fingerprint density at radius 1 is 1.11 bits per heavy atom. The Kier molecular flexibility index (Phi) is 8.93. The Hall–Kier alpha value is -1.62. The summed E-state index contributed by atoms with van der Waals surface area (Å²) in [7, 11) is 1.95. The van der Waals surface area contributed by atoms with Crippen LogP contribution in [-0.4, -0.2) is 27.6 Å². The van der Waals surface area contributed by atoms with Crippen LogP contribution in [0.1, 0.15) is 64.6 Å². The number of benzene rings is 1. The van der Waals surface area contributed by atoms with Crippen LogP contribution in [0, 0.1) is 20.8 Å². The number of hydrogen-bond donors (Lipinski definition) is 2. The number of halogens is 1. The topological polar surface area (TPSA) is 68.2 Å². The average molecular weight is 407 g/mol. The number of aliphatic hydroxyl groups is 1. The van der Waals surface area contributed by atoms with Gasteiger partial charge in [-0.05, 0) is 81.7 Å². The number of aryl methyl sites for hydroxylation is 4. The van der Waals surface area contributed by atoms with Crippen molar-refractivity contribution in [3.63, 3.8) is 0 Å². The van der Waals surface area contributed by atoms with Crippen LogP contribution in [0.25, 0.3) is 0 Å². The zero-order valence-corrected chi connectivity index (χ0v) is 18.7. The quantitative estimate of drug-likeness (QED) is 0.612. The number of hydrogen-bond acceptors (Lipinski definition) is 3. The number of carbonyl (C=O) groups excluding carboxylic acids is 1. The van der Waals surface area contributed by atoms with Gasteiger partial charge in [-0.3, -0.25) is 4.79 Å². The molecule has 1 aromatic heterocycles. The average Bonchev–Trinajstić information content (AvgIpc) is 2.90. The molecule has 28 heavy (non-hydrogen) atoms. The summed E-state index contributed by atoms with van der Waals surface area (Å²) in [6.07, 6.45) is 3.76. The molecule has 0 saturated heterocycles. The number of aliphatic hydroxyl groups excluding tert-OH is 1. The molecular weight excluding hydrogens is 372 g/mol. The summed E-state index contributed by atoms with van der Waals surface area (Å²) in [6.45, 7) is 8.09. The van der Waals surface area contributed by atoms with Gasteiger partial charge in [-0.25, -0.2) is 0 Å². The van der Waals surface area contributed by atoms with Gasteiger partial charge in [-0.1, -0.05) is 18.2 Å². The molecule has 0 aliphatic carbocycles. The summed E-state index contributed by atoms with van der Waals surface area (Å²) in [6, 6.07) is 8.51. The molecule has 0 amide bonds. The molecule has 0 bridgehead atoms. The Labute approximate surface area is 175 Å². The standard InChI is InChI=1S/C23H34N2O2.ClH/c1-16-9-10-19(13-17(16)2)7-6-8-22(27)21-14-18(3)20(25(21)5)11-12-23(4,24)15-26;/h9-10,13-14,26H,6-8,11-12,15,24H2,1-5H3;1H/t23-;/m1./s1. The van der Waals surface area contributed by atoms with E-state index in [4.69, 9.17) is 5.73 Å². The van der Waals surface area contributed by atoms with Gasteiger partial charge in [0, 0.05) is 24.7 Å². The van der Waals surface area contributed by atoms with Crippen LogP contribution in [0.4, 0.5) is 0 Å². The lowest BCUT2D eigenvalue weighted by atomic mass is 9.96. The number of nitrogens with zero attached hydrogens (tertiary/aromatic N) is 1. The van der Waals surface area contributed by atoms with E-state index in [1.807, 2.05) is 31.5 Å². The van der Waals surface area contributed by atoms with E-state index in [0.29, 0.717) is 12.8 Å². The molecule has 0 spiro atoms. The third-order valence-corrected chi connectivity index (χ3v) is 5.60. The molecule has 1 heterocycles. The van der Waals surface area contributed by atoms with Crippen LogP contribution >= 0.6 is 12.4 Å². The second kappa shape index (κ2) is 10.2. The lowest BCUT2D eigenvalue weighted by molar-refractivity contribution is 0.0972. The highest BCUT2D eigenvalue weighted by Gasteiger charge is 2.20. The SMILES string of the molecule is Cc1ccc(CCCC(=O)c2cc(C)c(CC[C@@](C)(N)CO)n2C)cc1C.Cl. The van der Waals surface area contributed by atoms with Crippen molar-refractivity contribution in [1.29, 1.82) is 0 Å². The first-order valence-corrected chi connectivity index (χ1v) is 9.79. The molecule has 0 fully saturated rings. The van der Waals surface area contributed by atoms with Gasteiger partial charge in [0.2, 0.25) is 0 Å². The van der Waals surface area contributed by atoms with Crippen molar-refractivity contribution < 1.29 is 9.90 Å². The van der Waals surface area contributed by atoms with E-state index < -0.39 is 5.54 Å². The van der Waals surface area contributed by atoms with E-state index in [0.717, 1.165) is 36.2 Å². The van der Waals surface area contributed by atoms with Crippen molar-refractivity contribution in [3.05, 3.63) is 57.9 Å². The predicted molar refractivity (Wildman–Crippen MR) is 119 cm³/mol. The number of nitrogens with two attached hydrogens (primary N) is 1. The van der Waals surface area contributed by atoms with E-state index in [9.17, 15) is 9.90 Å². The third kappa shape index (κ3) is 6.20. The molecule has 1 atom stereocenters. The highest BCUT2D eigenvalue weighted by atomic mass is 35.5. The van der Waals surface area contributed by atoms with Gasteiger partial charge in [0.1, 0.15) is 0 Å². The number of carbonyl (C=O) groups is 1. The Bertz CT molecular complexity index is 809. The highest BCUT2D eigenvalue weighted by Crippen LogP contribution is 2.21. The van der Waals surface area contributed by atoms with E-state index in [-0.39, 0.29) is 24.8 Å². The maximum Gasteiger partial charge on any atom is 0.179 e. The molecule has 156 valence electrons. The van der Waals surface area contributed by atoms with E-state index in [1.165, 1.54) is 16.7 Å². The summed E-state index contributed by atoms with van der Waals surface area (Å²) >= 11 is 0. The molecule has 0 aliphatic rings. The smallest absolute Gasteiger partial charge is 0.179 e. The molecule has 3 N–H and O–H groups in total. The van der Waals surface area contributed by atoms with Crippen molar-refractivity contribution in [2.75, 3.05) is 6.61 Å². The van der Waals surface area contributed by atoms with E-state index in [2.05, 4.69) is 32.0 Å². The van der Waals surface area contributed by atoms with Crippen LogP contribution < -0.4 is 5.73 Å². The first-order chi connectivity index (χ1) is 12.6. The summed E-state index contributed by atoms with van der Waals surface area (Å²) in [5, 5.41) is 9.34. The Balaban J connectivity index is 0.00000392. The van der Waals surface area contributed by atoms with Crippen LogP contribution in [-0.2, 0) is 19.9 Å². The summed E-state index contributed by atoms with van der Waals surface area (Å²) < 4.78 is 2.00. The lowest BCUT2D eigenvalue weighted by Gasteiger charge is -2.22. The molecular formula is C23H35ClN2O2. The van der Waals surface area contributed by atoms with Crippen molar-refractivity contribution >= 4 is 18.2 Å². The molecule has 5 heteroatoms. The van der Waals surface area contributed by atoms with Crippen LogP contribution in [0.5, 0.6) is 0 Å². The zero-order valence-electron chi connectivity index (χ0n) is 17.8. The molecule has 0 saturated carbocycles. The first kappa shape index (κ1) is 24.4. The van der Waals surface area contributed by atoms with Crippen molar-refractivity contribution in [2.45, 2.75) is 65.3 Å². The number of ketones is 1. The zero-order chi connectivity index (χ0) is 20.2. The second-order valence-corrected chi connectivity index (χ2v) is 8.23. The summed E-state index contributed by atoms with van der Waals surface area (Å²) in [5.74, 6) is 0.188. The highest BCUT2D eigenvalue weighted by molar-refractivity contribution is 5.95. The fraction of sp³-hybridized carbons (Fsp3) is 0.522. The largest absolute Gasteiger partial charge is 0.394 e. The number of aromatic nitrogens is 1. The van der Waals surface area contributed by atoms with Gasteiger partial charge in [0.05, 0.1) is 12.3 Å². The predicted octanol–water partition coefficient (Wildman–Crippen LogP) is 4.22. The van der Waals surface area contributed by atoms with E-state index in [1.54, 1.807) is 0 Å². The fourth-order valence-electron chi connectivity index (χ4n) is 3.45. The van der Waals surface area contributed by atoms with Crippen LogP contribution in [0.2, 0.25) is 0 Å². The molecule has 1 aromatic carbocycles. The van der Waals surface area contributed by atoms with Crippen LogP contribution in [0.3, 0.4) is 0 Å². The van der Waals surface area contributed by atoms with Gasteiger partial charge < -0.3 is 15.4 Å². The fourth-order valence-corrected chi connectivity index (χ4v) is 3.45. The third-order valence-electron chi connectivity index (χ3n) is 5.60. The molecule has 0 aliphatic heterocycles. The van der Waals surface area contributed by atoms with Gasteiger partial charge >= 0.3 is 0 Å². The molecule has 2 rings (SSSR count). The molecule has 2 aromatic rings. The van der Waals surface area contributed by atoms with E-state index >= 15 is 0 Å². The van der Waals surface area contributed by atoms with Gasteiger partial charge in [0.15, 0.2) is 5.78 Å². The van der Waals surface area contributed by atoms with Crippen molar-refractivity contribution in [1.82, 2.24) is 4.57 Å². The van der Waals surface area contributed by atoms with Crippen molar-refractivity contribution in [2.24, 2.45) is 12.8 Å². The second-order valence-electron chi connectivity index (χ2n) is 8.23. The molecule has 4 nitrogen and oxygen atoms in total. The first-order valence-electron chi connectivity index (χ1n) is 9.79. The minimum atomic E-state index is -0.590. The van der Waals surface area contributed by atoms with Crippen molar-refractivity contribution in [3.8, 4) is 0 Å². The summed E-state index contributed by atoms with van der Waals surface area (Å²) in [5.41, 5.74) is 12.4. The maximum atomic E-state index is 12.7.